The molecule has 3 fully saturated rings. The smallest absolute Gasteiger partial charge is 0.231 e. The van der Waals surface area contributed by atoms with E-state index in [1.165, 1.54) is 6.42 Å². The summed E-state index contributed by atoms with van der Waals surface area (Å²) in [5.41, 5.74) is -0.0919. The van der Waals surface area contributed by atoms with Gasteiger partial charge in [-0.25, -0.2) is 0 Å². The number of amides is 1. The van der Waals surface area contributed by atoms with E-state index in [9.17, 15) is 4.79 Å². The Hall–Kier alpha value is -2.09. The number of anilines is 1. The number of fused-ring (bicyclic) bond motifs is 2. The molecule has 8 heteroatoms. The maximum atomic E-state index is 12.7. The molecule has 0 bridgehead atoms. The molecule has 0 radical (unpaired) electrons. The maximum absolute atomic E-state index is 12.7. The summed E-state index contributed by atoms with van der Waals surface area (Å²) in [6, 6.07) is 1.68. The Kier molecular flexibility index (Phi) is 5.55. The van der Waals surface area contributed by atoms with Crippen molar-refractivity contribution in [2.75, 3.05) is 51.8 Å². The van der Waals surface area contributed by atoms with Crippen molar-refractivity contribution in [1.29, 1.82) is 0 Å². The molecule has 3 atom stereocenters. The lowest BCUT2D eigenvalue weighted by Gasteiger charge is -2.42. The number of hydrogen-bond acceptors (Lipinski definition) is 7. The molecular weight excluding hydrogens is 370 g/mol. The second-order valence-corrected chi connectivity index (χ2v) is 8.83. The van der Waals surface area contributed by atoms with E-state index in [1.54, 1.807) is 20.3 Å². The van der Waals surface area contributed by atoms with Gasteiger partial charge in [-0.15, -0.1) is 0 Å². The first-order chi connectivity index (χ1) is 14.0. The standard InChI is InChI=1S/C21H33N5O3/c1-5-14(2)11-25-12-15-16(13-25)21(24-19(15)27)6-8-26(9-7-21)20-22-17(28-3)10-18(23-20)29-4/h10,14-16H,5-9,11-13H2,1-4H3,(H,24,27)/t14-,15+,16+/m0/s1. The number of aromatic nitrogens is 2. The number of likely N-dealkylation sites (tertiary alicyclic amines) is 1. The lowest BCUT2D eigenvalue weighted by molar-refractivity contribution is -0.123. The molecule has 29 heavy (non-hydrogen) atoms. The summed E-state index contributed by atoms with van der Waals surface area (Å²) in [6.45, 7) is 9.18. The zero-order valence-electron chi connectivity index (χ0n) is 18.0. The fourth-order valence-electron chi connectivity index (χ4n) is 5.20. The number of ether oxygens (including phenoxy) is 2. The maximum Gasteiger partial charge on any atom is 0.231 e. The predicted octanol–water partition coefficient (Wildman–Crippen LogP) is 1.56. The monoisotopic (exact) mass is 403 g/mol. The van der Waals surface area contributed by atoms with Gasteiger partial charge in [0.2, 0.25) is 23.6 Å². The van der Waals surface area contributed by atoms with Crippen LogP contribution in [-0.4, -0.2) is 73.3 Å². The molecule has 3 aliphatic heterocycles. The molecule has 1 N–H and O–H groups in total. The number of hydrogen-bond donors (Lipinski definition) is 1. The lowest BCUT2D eigenvalue weighted by atomic mass is 9.75. The topological polar surface area (TPSA) is 79.8 Å². The van der Waals surface area contributed by atoms with Gasteiger partial charge in [0.15, 0.2) is 0 Å². The van der Waals surface area contributed by atoms with Gasteiger partial charge in [0, 0.05) is 44.2 Å². The van der Waals surface area contributed by atoms with Gasteiger partial charge < -0.3 is 24.6 Å². The molecule has 1 amide bonds. The van der Waals surface area contributed by atoms with Crippen LogP contribution in [0.2, 0.25) is 0 Å². The van der Waals surface area contributed by atoms with Gasteiger partial charge in [-0.2, -0.15) is 9.97 Å². The molecule has 1 spiro atoms. The highest BCUT2D eigenvalue weighted by Crippen LogP contribution is 2.44. The second-order valence-electron chi connectivity index (χ2n) is 8.83. The SMILES string of the molecule is CC[C@H](C)CN1C[C@@H]2[C@@H](C1)C(=O)NC21CCN(c2nc(OC)cc(OC)n2)CC1. The third kappa shape index (κ3) is 3.74. The van der Waals surface area contributed by atoms with Crippen LogP contribution < -0.4 is 19.7 Å². The third-order valence-electron chi connectivity index (χ3n) is 7.11. The Labute approximate surface area is 173 Å². The van der Waals surface area contributed by atoms with E-state index in [1.807, 2.05) is 0 Å². The van der Waals surface area contributed by atoms with Gasteiger partial charge in [-0.05, 0) is 18.8 Å². The average Bonchev–Trinajstić information content (AvgIpc) is 3.27. The summed E-state index contributed by atoms with van der Waals surface area (Å²) in [6.07, 6.45) is 3.02. The quantitative estimate of drug-likeness (QED) is 0.772. The number of nitrogens with one attached hydrogen (secondary N) is 1. The van der Waals surface area contributed by atoms with Crippen molar-refractivity contribution in [3.05, 3.63) is 6.07 Å². The van der Waals surface area contributed by atoms with E-state index < -0.39 is 0 Å². The number of rotatable bonds is 6. The van der Waals surface area contributed by atoms with Crippen molar-refractivity contribution in [2.45, 2.75) is 38.6 Å². The van der Waals surface area contributed by atoms with E-state index in [-0.39, 0.29) is 17.4 Å². The molecule has 1 aromatic rings. The van der Waals surface area contributed by atoms with Crippen molar-refractivity contribution in [3.8, 4) is 11.8 Å². The van der Waals surface area contributed by atoms with Crippen molar-refractivity contribution in [3.63, 3.8) is 0 Å². The summed E-state index contributed by atoms with van der Waals surface area (Å²) in [4.78, 5) is 26.4. The van der Waals surface area contributed by atoms with E-state index in [2.05, 4.69) is 38.9 Å². The Morgan fingerprint density at radius 1 is 1.21 bits per heavy atom. The molecule has 3 saturated heterocycles. The van der Waals surface area contributed by atoms with E-state index in [0.29, 0.717) is 29.5 Å². The summed E-state index contributed by atoms with van der Waals surface area (Å²) < 4.78 is 10.6. The molecule has 0 unspecified atom stereocenters. The van der Waals surface area contributed by atoms with Crippen LogP contribution >= 0.6 is 0 Å². The number of carbonyl (C=O) groups is 1. The average molecular weight is 404 g/mol. The molecule has 160 valence electrons. The van der Waals surface area contributed by atoms with Crippen LogP contribution in [0.5, 0.6) is 11.8 Å². The summed E-state index contributed by atoms with van der Waals surface area (Å²) in [7, 11) is 3.19. The Morgan fingerprint density at radius 2 is 1.86 bits per heavy atom. The van der Waals surface area contributed by atoms with E-state index in [0.717, 1.165) is 45.6 Å². The molecule has 8 nitrogen and oxygen atoms in total. The minimum Gasteiger partial charge on any atom is -0.481 e. The van der Waals surface area contributed by atoms with Crippen molar-refractivity contribution in [1.82, 2.24) is 20.2 Å². The van der Waals surface area contributed by atoms with Crippen LogP contribution in [0.3, 0.4) is 0 Å². The van der Waals surface area contributed by atoms with Gasteiger partial charge >= 0.3 is 0 Å². The van der Waals surface area contributed by atoms with E-state index >= 15 is 0 Å². The highest BCUT2D eigenvalue weighted by molar-refractivity contribution is 5.83. The van der Waals surface area contributed by atoms with Crippen LogP contribution in [0.15, 0.2) is 6.07 Å². The normalized spacial score (nSPS) is 27.0. The zero-order chi connectivity index (χ0) is 20.6. The van der Waals surface area contributed by atoms with Crippen LogP contribution in [0.4, 0.5) is 5.95 Å². The summed E-state index contributed by atoms with van der Waals surface area (Å²) in [5.74, 6) is 3.09. The second kappa shape index (κ2) is 7.97. The largest absolute Gasteiger partial charge is 0.481 e. The lowest BCUT2D eigenvalue weighted by Crippen LogP contribution is -2.55. The third-order valence-corrected chi connectivity index (χ3v) is 7.11. The molecule has 3 aliphatic rings. The van der Waals surface area contributed by atoms with E-state index in [4.69, 9.17) is 9.47 Å². The number of piperidine rings is 1. The minimum absolute atomic E-state index is 0.0919. The van der Waals surface area contributed by atoms with Gasteiger partial charge in [0.25, 0.3) is 0 Å². The fourth-order valence-corrected chi connectivity index (χ4v) is 5.20. The Bertz CT molecular complexity index is 728. The molecule has 4 rings (SSSR count). The highest BCUT2D eigenvalue weighted by Gasteiger charge is 2.57. The first-order valence-electron chi connectivity index (χ1n) is 10.7. The molecular formula is C21H33N5O3. The number of methoxy groups -OCH3 is 2. The summed E-state index contributed by atoms with van der Waals surface area (Å²) >= 11 is 0. The van der Waals surface area contributed by atoms with Crippen molar-refractivity contribution < 1.29 is 14.3 Å². The van der Waals surface area contributed by atoms with Crippen molar-refractivity contribution >= 4 is 11.9 Å². The molecule has 4 heterocycles. The van der Waals surface area contributed by atoms with Gasteiger partial charge in [0.1, 0.15) is 0 Å². The molecule has 1 aromatic heterocycles. The Morgan fingerprint density at radius 3 is 2.45 bits per heavy atom. The minimum atomic E-state index is -0.0919. The van der Waals surface area contributed by atoms with Crippen LogP contribution in [-0.2, 0) is 4.79 Å². The predicted molar refractivity (Wildman–Crippen MR) is 110 cm³/mol. The Balaban J connectivity index is 1.45. The number of carbonyl (C=O) groups excluding carboxylic acids is 1. The van der Waals surface area contributed by atoms with Gasteiger partial charge in [-0.1, -0.05) is 20.3 Å². The molecule has 0 aromatic carbocycles. The molecule has 0 aliphatic carbocycles. The first-order valence-corrected chi connectivity index (χ1v) is 10.7. The zero-order valence-corrected chi connectivity index (χ0v) is 18.0. The van der Waals surface area contributed by atoms with Gasteiger partial charge in [0.05, 0.1) is 26.2 Å². The van der Waals surface area contributed by atoms with Gasteiger partial charge in [-0.3, -0.25) is 4.79 Å². The molecule has 0 saturated carbocycles. The van der Waals surface area contributed by atoms with Crippen molar-refractivity contribution in [2.24, 2.45) is 17.8 Å². The van der Waals surface area contributed by atoms with Crippen LogP contribution in [0.1, 0.15) is 33.1 Å². The first kappa shape index (κ1) is 20.2. The van der Waals surface area contributed by atoms with Crippen LogP contribution in [0, 0.1) is 17.8 Å². The highest BCUT2D eigenvalue weighted by atomic mass is 16.5. The number of nitrogens with zero attached hydrogens (tertiary/aromatic N) is 4. The fraction of sp³-hybridized carbons (Fsp3) is 0.762. The van der Waals surface area contributed by atoms with Crippen LogP contribution in [0.25, 0.3) is 0 Å². The summed E-state index contributed by atoms with van der Waals surface area (Å²) in [5, 5.41) is 3.39.